The number of nitrogens with one attached hydrogen (secondary N) is 8. The molecular weight excluding hydrogens is 1360 g/mol. The van der Waals surface area contributed by atoms with E-state index >= 15 is 0 Å². The summed E-state index contributed by atoms with van der Waals surface area (Å²) in [5, 5.41) is 108. The van der Waals surface area contributed by atoms with E-state index in [1.54, 1.807) is 33.8 Å². The number of primary amides is 1. The minimum atomic E-state index is -2.55. The van der Waals surface area contributed by atoms with Crippen molar-refractivity contribution in [3.63, 3.8) is 0 Å². The van der Waals surface area contributed by atoms with E-state index < -0.39 is 229 Å². The molecular formula is C70H100N10O24. The zero-order chi connectivity index (χ0) is 78.6. The summed E-state index contributed by atoms with van der Waals surface area (Å²) >= 11 is 0. The van der Waals surface area contributed by atoms with Crippen molar-refractivity contribution < 1.29 is 117 Å². The van der Waals surface area contributed by atoms with Crippen molar-refractivity contribution in [1.29, 1.82) is 0 Å². The van der Waals surface area contributed by atoms with Crippen LogP contribution in [0.3, 0.4) is 0 Å². The van der Waals surface area contributed by atoms with Crippen LogP contribution in [0.2, 0.25) is 0 Å². The number of allylic oxidation sites excluding steroid dienone is 3. The van der Waals surface area contributed by atoms with E-state index in [-0.39, 0.29) is 56.7 Å². The number of phenols is 2. The average molecular weight is 1470 g/mol. The third kappa shape index (κ3) is 19.9. The number of Topliss-reactive ketones (excluding diaryl/α,β-unsaturated/α-hetero) is 2. The summed E-state index contributed by atoms with van der Waals surface area (Å²) in [6, 6.07) is -8.17. The Morgan fingerprint density at radius 3 is 1.99 bits per heavy atom. The van der Waals surface area contributed by atoms with Gasteiger partial charge in [0.05, 0.1) is 55.8 Å². The quantitative estimate of drug-likeness (QED) is 0.0486. The minimum absolute atomic E-state index is 0.0626. The van der Waals surface area contributed by atoms with Crippen LogP contribution in [0.1, 0.15) is 118 Å². The third-order valence-electron chi connectivity index (χ3n) is 19.6. The second kappa shape index (κ2) is 36.3. The van der Waals surface area contributed by atoms with Crippen LogP contribution in [0.5, 0.6) is 17.2 Å². The maximum atomic E-state index is 15.0. The van der Waals surface area contributed by atoms with Gasteiger partial charge < -0.3 is 108 Å². The number of benzene rings is 2. The molecule has 1 fully saturated rings. The van der Waals surface area contributed by atoms with Gasteiger partial charge in [0.15, 0.2) is 17.6 Å². The van der Waals surface area contributed by atoms with Gasteiger partial charge in [0, 0.05) is 73.7 Å². The fraction of sp³-hybridized carbons (Fsp3) is 0.586. The zero-order valence-electron chi connectivity index (χ0n) is 61.0. The van der Waals surface area contributed by atoms with Crippen molar-refractivity contribution in [1.82, 2.24) is 37.2 Å². The molecule has 0 saturated carbocycles. The lowest BCUT2D eigenvalue weighted by Gasteiger charge is -2.38. The lowest BCUT2D eigenvalue weighted by Crippen LogP contribution is -2.63. The van der Waals surface area contributed by atoms with Gasteiger partial charge in [0.1, 0.15) is 65.4 Å². The molecule has 34 nitrogen and oxygen atoms in total. The molecule has 4 aliphatic heterocycles. The van der Waals surface area contributed by atoms with Gasteiger partial charge >= 0.3 is 11.8 Å². The van der Waals surface area contributed by atoms with Gasteiger partial charge in [0.2, 0.25) is 41.4 Å². The normalized spacial score (nSPS) is 29.7. The molecule has 4 heterocycles. The number of aliphatic hydroxyl groups is 6. The van der Waals surface area contributed by atoms with Gasteiger partial charge in [-0.25, -0.2) is 0 Å². The molecule has 0 aromatic heterocycles. The summed E-state index contributed by atoms with van der Waals surface area (Å²) in [6.07, 6.45) is -5.11. The number of rotatable bonds is 13. The SMILES string of the molecule is COC1C=COC2(C)Oc3c(C)c(C)c4c(O)c(c(N=C(C)C(C)C(=O)NCC5NC(=O)CNC(=O)C(O)CNC(=O)C(C(C)O)NC(=O)C(C(O)C(O)C(N)=O)NC(=O)C(C(C)C)CC(=O)C(CO)NC5=O)c(O)c4c3C2=O)NC(=O)/C(C)=C\C=CC(C)C(C)C(C)C(O)C(C)C(OC(C)=O)C1C. The van der Waals surface area contributed by atoms with Crippen LogP contribution in [0, 0.1) is 61.2 Å². The molecule has 19 atom stereocenters. The molecule has 574 valence electrons. The molecule has 104 heavy (non-hydrogen) atoms. The number of aromatic hydroxyl groups is 2. The summed E-state index contributed by atoms with van der Waals surface area (Å²) in [5.74, 6) is -23.3. The molecule has 34 heteroatoms. The number of amides is 9. The maximum Gasteiger partial charge on any atom is 0.312 e. The topological polar surface area (TPSA) is 538 Å². The van der Waals surface area contributed by atoms with Crippen LogP contribution in [0.4, 0.5) is 11.4 Å². The first-order valence-electron chi connectivity index (χ1n) is 33.9. The van der Waals surface area contributed by atoms with E-state index in [2.05, 4.69) is 42.2 Å². The van der Waals surface area contributed by atoms with Gasteiger partial charge in [-0.3, -0.25) is 62.5 Å². The van der Waals surface area contributed by atoms with E-state index in [9.17, 15) is 98.4 Å². The largest absolute Gasteiger partial charge is 0.505 e. The fourth-order valence-electron chi connectivity index (χ4n) is 12.2. The number of aliphatic imine (C=N–C) groups is 1. The Morgan fingerprint density at radius 2 is 1.40 bits per heavy atom. The van der Waals surface area contributed by atoms with Crippen LogP contribution < -0.4 is 53.0 Å². The first kappa shape index (κ1) is 85.2. The minimum Gasteiger partial charge on any atom is -0.505 e. The number of nitrogens with two attached hydrogens (primary N) is 1. The number of hydrogen-bond acceptors (Lipinski definition) is 25. The van der Waals surface area contributed by atoms with Crippen molar-refractivity contribution in [2.75, 3.05) is 38.7 Å². The predicted octanol–water partition coefficient (Wildman–Crippen LogP) is -1.17. The number of carbonyl (C=O) groups excluding carboxylic acids is 12. The number of phenolic OH excluding ortho intramolecular Hbond substituents is 2. The molecule has 4 aliphatic rings. The summed E-state index contributed by atoms with van der Waals surface area (Å²) in [7, 11) is 1.41. The number of nitrogens with zero attached hydrogens (tertiary/aromatic N) is 1. The smallest absolute Gasteiger partial charge is 0.312 e. The van der Waals surface area contributed by atoms with Crippen LogP contribution in [0.15, 0.2) is 41.1 Å². The van der Waals surface area contributed by atoms with E-state index in [1.807, 2.05) is 32.2 Å². The highest BCUT2D eigenvalue weighted by atomic mass is 16.7. The number of methoxy groups -OCH3 is 1. The predicted molar refractivity (Wildman–Crippen MR) is 373 cm³/mol. The lowest BCUT2D eigenvalue weighted by molar-refractivity contribution is -0.160. The van der Waals surface area contributed by atoms with Gasteiger partial charge in [-0.1, -0.05) is 66.7 Å². The molecule has 1 saturated heterocycles. The third-order valence-corrected chi connectivity index (χ3v) is 19.6. The highest BCUT2D eigenvalue weighted by molar-refractivity contribution is 6.23. The standard InChI is InChI=1S/C70H100N10O24/c1-27(2)40-22-43(84)42(26-81)77-66(97)41(76-46(86)25-74-67(98)44(85)24-73-68(99)50(38(13)82)78-69(100)53(80-65(40)96)57(90)58(91)62(71)93)23-72-64(95)34(9)37(12)75-51-52-55(88)47-31(6)33(8)60-49(48(47)56(51)89)61(92)70(15,104-60)102-21-20-45(101-16)35(10)59(103-39(14)83)36(11)54(87)32(7)30(5)28(3)18-17-19-29(4)63(94)79-52/h17-21,27-28,30,32,34-36,38,40-42,44-45,50,53-54,57-59,81-82,85,87-91H,22-26H2,1-16H3,(H2,71,93)(H,72,95)(H,73,99)(H,74,98)(H,76,86)(H,77,97)(H,78,100)(H,79,94)(H,80,96)/b18-17?,21-20?,29-19-,75-37?. The number of carbonyl (C=O) groups is 12. The van der Waals surface area contributed by atoms with E-state index in [0.717, 1.165) is 13.2 Å². The van der Waals surface area contributed by atoms with Crippen molar-refractivity contribution >= 4 is 98.6 Å². The summed E-state index contributed by atoms with van der Waals surface area (Å²) in [4.78, 5) is 169. The molecule has 0 spiro atoms. The first-order valence-corrected chi connectivity index (χ1v) is 33.9. The molecule has 6 rings (SSSR count). The van der Waals surface area contributed by atoms with Crippen LogP contribution in [0.25, 0.3) is 10.8 Å². The first-order chi connectivity index (χ1) is 48.5. The Hall–Kier alpha value is -9.45. The summed E-state index contributed by atoms with van der Waals surface area (Å²) in [6.45, 7) is 18.9. The second-order valence-corrected chi connectivity index (χ2v) is 27.3. The van der Waals surface area contributed by atoms with Gasteiger partial charge in [0.25, 0.3) is 17.6 Å². The van der Waals surface area contributed by atoms with E-state index in [4.69, 9.17) is 24.7 Å². The van der Waals surface area contributed by atoms with E-state index in [1.165, 1.54) is 67.7 Å². The fourth-order valence-corrected chi connectivity index (χ4v) is 12.2. The number of β-amino-alcohol motifs (C(OH)–C–C–N with tert-alkyl or cyclic N) is 1. The van der Waals surface area contributed by atoms with Crippen LogP contribution in [-0.2, 0) is 67.0 Å². The van der Waals surface area contributed by atoms with Crippen LogP contribution in [-0.4, -0.2) is 223 Å². The van der Waals surface area contributed by atoms with Crippen molar-refractivity contribution in [2.24, 2.45) is 58.1 Å². The number of aryl methyl sites for hydroxylation is 1. The van der Waals surface area contributed by atoms with Crippen molar-refractivity contribution in [2.45, 2.75) is 183 Å². The number of esters is 1. The van der Waals surface area contributed by atoms with Crippen LogP contribution >= 0.6 is 0 Å². The highest BCUT2D eigenvalue weighted by Crippen LogP contribution is 2.56. The van der Waals surface area contributed by atoms with Crippen molar-refractivity contribution in [3.8, 4) is 17.2 Å². The molecule has 5 bridgehead atoms. The van der Waals surface area contributed by atoms with Gasteiger partial charge in [-0.2, -0.15) is 0 Å². The lowest BCUT2D eigenvalue weighted by atomic mass is 9.75. The monoisotopic (exact) mass is 1460 g/mol. The number of aliphatic hydroxyl groups excluding tert-OH is 6. The summed E-state index contributed by atoms with van der Waals surface area (Å²) in [5.41, 5.74) is 4.25. The molecule has 2 aromatic carbocycles. The average Bonchev–Trinajstić information content (AvgIpc) is 1.48. The number of ketones is 2. The number of anilines is 1. The molecule has 9 amide bonds. The van der Waals surface area contributed by atoms with Gasteiger partial charge in [-0.05, 0) is 82.4 Å². The Bertz CT molecular complexity index is 3760. The number of hydrogen-bond donors (Lipinski definition) is 17. The zero-order valence-corrected chi connectivity index (χ0v) is 61.0. The Morgan fingerprint density at radius 1 is 0.769 bits per heavy atom. The van der Waals surface area contributed by atoms with Crippen molar-refractivity contribution in [3.05, 3.63) is 52.8 Å². The molecule has 19 unspecified atom stereocenters. The number of ether oxygens (including phenoxy) is 4. The number of fused-ring (bicyclic) bond motifs is 14. The molecule has 0 aliphatic carbocycles. The van der Waals surface area contributed by atoms with E-state index in [0.29, 0.717) is 5.56 Å². The molecule has 0 radical (unpaired) electrons. The Labute approximate surface area is 600 Å². The summed E-state index contributed by atoms with van der Waals surface area (Å²) < 4.78 is 24.1. The second-order valence-electron chi connectivity index (χ2n) is 27.3. The van der Waals surface area contributed by atoms with Gasteiger partial charge in [-0.15, -0.1) is 0 Å². The maximum absolute atomic E-state index is 15.0. The molecule has 18 N–H and O–H groups in total. The Balaban J connectivity index is 1.60. The highest BCUT2D eigenvalue weighted by Gasteiger charge is 2.50. The molecule has 2 aromatic rings. The Kier molecular flexibility index (Phi) is 29.7.